The number of carbonyl (C=O) groups excluding carboxylic acids is 4. The maximum atomic E-state index is 13.0. The summed E-state index contributed by atoms with van der Waals surface area (Å²) in [4.78, 5) is 54.9. The highest BCUT2D eigenvalue weighted by atomic mass is 16.6. The molecule has 0 spiro atoms. The van der Waals surface area contributed by atoms with Crippen molar-refractivity contribution in [3.63, 3.8) is 0 Å². The minimum absolute atomic E-state index is 0.0875. The fourth-order valence-corrected chi connectivity index (χ4v) is 3.73. The van der Waals surface area contributed by atoms with Gasteiger partial charge in [-0.15, -0.1) is 0 Å². The minimum atomic E-state index is -0.712. The first-order valence-electron chi connectivity index (χ1n) is 10.9. The number of esters is 1. The van der Waals surface area contributed by atoms with Gasteiger partial charge in [-0.3, -0.25) is 14.4 Å². The Kier molecular flexibility index (Phi) is 5.83. The van der Waals surface area contributed by atoms with Gasteiger partial charge in [0.25, 0.3) is 17.7 Å². The largest absolute Gasteiger partial charge is 0.452 e. The Hall–Kier alpha value is -5.12. The molecule has 3 amide bonds. The highest BCUT2D eigenvalue weighted by molar-refractivity contribution is 6.34. The Labute approximate surface area is 204 Å². The summed E-state index contributed by atoms with van der Waals surface area (Å²) in [7, 11) is 0. The molecule has 0 bridgehead atoms. The van der Waals surface area contributed by atoms with E-state index in [9.17, 15) is 19.2 Å². The van der Waals surface area contributed by atoms with Crippen LogP contribution in [0.1, 0.15) is 43.9 Å². The van der Waals surface area contributed by atoms with Crippen LogP contribution in [0, 0.1) is 0 Å². The van der Waals surface area contributed by atoms with Gasteiger partial charge in [-0.05, 0) is 42.5 Å². The summed E-state index contributed by atoms with van der Waals surface area (Å²) >= 11 is 0. The summed E-state index contributed by atoms with van der Waals surface area (Å²) in [5.41, 5.74) is 1.99. The normalized spacial score (nSPS) is 12.4. The van der Waals surface area contributed by atoms with Gasteiger partial charge in [0.05, 0.1) is 22.4 Å². The Balaban J connectivity index is 1.29. The molecular formula is C26H18N4O6. The lowest BCUT2D eigenvalue weighted by Crippen LogP contribution is -2.29. The first-order chi connectivity index (χ1) is 17.4. The molecule has 0 aliphatic carbocycles. The number of rotatable bonds is 6. The zero-order valence-electron chi connectivity index (χ0n) is 18.9. The number of nitrogens with one attached hydrogen (secondary N) is 1. The predicted molar refractivity (Wildman–Crippen MR) is 127 cm³/mol. The Bertz CT molecular complexity index is 1490. The van der Waals surface area contributed by atoms with Crippen LogP contribution in [0.25, 0.3) is 11.4 Å². The first kappa shape index (κ1) is 22.7. The second-order valence-corrected chi connectivity index (χ2v) is 7.89. The molecule has 0 atom stereocenters. The van der Waals surface area contributed by atoms with Crippen LogP contribution in [0.15, 0.2) is 77.3 Å². The molecule has 36 heavy (non-hydrogen) atoms. The van der Waals surface area contributed by atoms with Crippen LogP contribution < -0.4 is 10.2 Å². The number of imide groups is 1. The zero-order chi connectivity index (χ0) is 25.2. The molecular weight excluding hydrogens is 464 g/mol. The van der Waals surface area contributed by atoms with Crippen molar-refractivity contribution in [1.29, 1.82) is 0 Å². The van der Waals surface area contributed by atoms with E-state index in [1.165, 1.54) is 25.1 Å². The molecule has 0 radical (unpaired) electrons. The molecule has 1 N–H and O–H groups in total. The molecule has 0 saturated heterocycles. The zero-order valence-corrected chi connectivity index (χ0v) is 18.9. The highest BCUT2D eigenvalue weighted by Gasteiger charge is 2.37. The fourth-order valence-electron chi connectivity index (χ4n) is 3.73. The number of ether oxygens (including phenoxy) is 1. The van der Waals surface area contributed by atoms with Crippen LogP contribution in [0.5, 0.6) is 0 Å². The van der Waals surface area contributed by atoms with Crippen molar-refractivity contribution in [2.75, 3.05) is 10.2 Å². The van der Waals surface area contributed by atoms with E-state index in [-0.39, 0.29) is 35.1 Å². The minimum Gasteiger partial charge on any atom is -0.452 e. The van der Waals surface area contributed by atoms with Crippen molar-refractivity contribution >= 4 is 35.1 Å². The Morgan fingerprint density at radius 3 is 2.39 bits per heavy atom. The number of benzene rings is 3. The summed E-state index contributed by atoms with van der Waals surface area (Å²) in [5, 5.41) is 6.50. The molecule has 1 aliphatic heterocycles. The van der Waals surface area contributed by atoms with Crippen molar-refractivity contribution < 1.29 is 28.4 Å². The van der Waals surface area contributed by atoms with Crippen molar-refractivity contribution in [2.45, 2.75) is 13.5 Å². The third-order valence-electron chi connectivity index (χ3n) is 5.39. The van der Waals surface area contributed by atoms with E-state index in [2.05, 4.69) is 15.5 Å². The average Bonchev–Trinajstić information content (AvgIpc) is 3.46. The van der Waals surface area contributed by atoms with Crippen LogP contribution in [-0.2, 0) is 16.1 Å². The van der Waals surface area contributed by atoms with Gasteiger partial charge in [0.1, 0.15) is 0 Å². The molecule has 10 nitrogen and oxygen atoms in total. The van der Waals surface area contributed by atoms with Crippen LogP contribution in [0.4, 0.5) is 11.4 Å². The average molecular weight is 482 g/mol. The van der Waals surface area contributed by atoms with Gasteiger partial charge in [0, 0.05) is 18.2 Å². The lowest BCUT2D eigenvalue weighted by Gasteiger charge is -2.14. The van der Waals surface area contributed by atoms with Crippen molar-refractivity contribution in [3.8, 4) is 11.4 Å². The number of aromatic nitrogens is 2. The van der Waals surface area contributed by atoms with E-state index in [1.807, 2.05) is 30.3 Å². The van der Waals surface area contributed by atoms with Gasteiger partial charge >= 0.3 is 5.97 Å². The van der Waals surface area contributed by atoms with E-state index in [0.29, 0.717) is 17.2 Å². The maximum absolute atomic E-state index is 13.0. The summed E-state index contributed by atoms with van der Waals surface area (Å²) < 4.78 is 10.4. The summed E-state index contributed by atoms with van der Waals surface area (Å²) in [6.07, 6.45) is 0. The molecule has 4 aromatic rings. The monoisotopic (exact) mass is 482 g/mol. The molecule has 0 fully saturated rings. The van der Waals surface area contributed by atoms with Gasteiger partial charge in [-0.1, -0.05) is 35.5 Å². The summed E-state index contributed by atoms with van der Waals surface area (Å²) in [6, 6.07) is 19.6. The third-order valence-corrected chi connectivity index (χ3v) is 5.39. The van der Waals surface area contributed by atoms with E-state index >= 15 is 0 Å². The van der Waals surface area contributed by atoms with Crippen LogP contribution in [-0.4, -0.2) is 33.8 Å². The number of amides is 3. The molecule has 10 heteroatoms. The molecule has 178 valence electrons. The molecule has 0 unspecified atom stereocenters. The Morgan fingerprint density at radius 1 is 0.944 bits per heavy atom. The number of carbonyl (C=O) groups is 4. The van der Waals surface area contributed by atoms with Gasteiger partial charge in [0.2, 0.25) is 11.7 Å². The number of anilines is 2. The van der Waals surface area contributed by atoms with Gasteiger partial charge in [-0.25, -0.2) is 9.69 Å². The molecule has 5 rings (SSSR count). The second-order valence-electron chi connectivity index (χ2n) is 7.89. The first-order valence-corrected chi connectivity index (χ1v) is 10.9. The van der Waals surface area contributed by atoms with E-state index in [0.717, 1.165) is 10.5 Å². The third kappa shape index (κ3) is 4.34. The van der Waals surface area contributed by atoms with Gasteiger partial charge in [-0.2, -0.15) is 4.98 Å². The van der Waals surface area contributed by atoms with Gasteiger partial charge < -0.3 is 14.6 Å². The predicted octanol–water partition coefficient (Wildman–Crippen LogP) is 3.85. The molecule has 2 heterocycles. The molecule has 0 saturated carbocycles. The maximum Gasteiger partial charge on any atom is 0.338 e. The summed E-state index contributed by atoms with van der Waals surface area (Å²) in [5.74, 6) is -1.55. The molecule has 1 aromatic heterocycles. The quantitative estimate of drug-likeness (QED) is 0.324. The van der Waals surface area contributed by atoms with Crippen LogP contribution in [0.3, 0.4) is 0 Å². The highest BCUT2D eigenvalue weighted by Crippen LogP contribution is 2.30. The number of hydrogen-bond donors (Lipinski definition) is 1. The van der Waals surface area contributed by atoms with Crippen molar-refractivity contribution in [3.05, 3.63) is 95.4 Å². The van der Waals surface area contributed by atoms with Crippen LogP contribution in [0.2, 0.25) is 0 Å². The topological polar surface area (TPSA) is 132 Å². The van der Waals surface area contributed by atoms with Crippen molar-refractivity contribution in [2.24, 2.45) is 0 Å². The number of nitrogens with zero attached hydrogens (tertiary/aromatic N) is 3. The smallest absolute Gasteiger partial charge is 0.338 e. The van der Waals surface area contributed by atoms with E-state index in [4.69, 9.17) is 9.26 Å². The van der Waals surface area contributed by atoms with Crippen molar-refractivity contribution in [1.82, 2.24) is 10.1 Å². The Morgan fingerprint density at radius 2 is 1.67 bits per heavy atom. The fraction of sp³-hybridized carbons (Fsp3) is 0.0769. The standard InChI is InChI=1S/C26H18N4O6/c1-15(31)27-18-8-10-19(11-9-18)30-24(32)20-12-7-17(13-21(20)25(30)33)26(34)35-14-22-28-23(29-36-22)16-5-3-2-4-6-16/h2-13H,14H2,1H3,(H,27,31). The number of hydrogen-bond acceptors (Lipinski definition) is 8. The second kappa shape index (κ2) is 9.26. The van der Waals surface area contributed by atoms with Gasteiger partial charge in [0.15, 0.2) is 6.61 Å². The van der Waals surface area contributed by atoms with E-state index in [1.54, 1.807) is 24.3 Å². The SMILES string of the molecule is CC(=O)Nc1ccc(N2C(=O)c3ccc(C(=O)OCc4nc(-c5ccccc5)no4)cc3C2=O)cc1. The lowest BCUT2D eigenvalue weighted by molar-refractivity contribution is -0.114. The number of fused-ring (bicyclic) bond motifs is 1. The lowest BCUT2D eigenvalue weighted by atomic mass is 10.1. The van der Waals surface area contributed by atoms with Crippen LogP contribution >= 0.6 is 0 Å². The summed E-state index contributed by atoms with van der Waals surface area (Å²) in [6.45, 7) is 1.13. The van der Waals surface area contributed by atoms with E-state index < -0.39 is 17.8 Å². The molecule has 1 aliphatic rings. The molecule has 3 aromatic carbocycles.